The van der Waals surface area contributed by atoms with E-state index in [1.165, 1.54) is 0 Å². The number of hydrogen-bond donors (Lipinski definition) is 0. The lowest BCUT2D eigenvalue weighted by Gasteiger charge is -2.01. The Labute approximate surface area is 88.3 Å². The zero-order valence-corrected chi connectivity index (χ0v) is 8.47. The predicted molar refractivity (Wildman–Crippen MR) is 60.9 cm³/mol. The largest absolute Gasteiger partial charge is 0.289 e. The second kappa shape index (κ2) is 4.05. The van der Waals surface area contributed by atoms with Crippen LogP contribution in [0, 0.1) is 0 Å². The second-order valence-corrected chi connectivity index (χ2v) is 3.24. The first-order valence-electron chi connectivity index (χ1n) is 4.83. The quantitative estimate of drug-likeness (QED) is 0.547. The predicted octanol–water partition coefficient (Wildman–Crippen LogP) is 2.99. The molecule has 0 radical (unpaired) electrons. The van der Waals surface area contributed by atoms with E-state index in [2.05, 4.69) is 4.98 Å². The van der Waals surface area contributed by atoms with Gasteiger partial charge in [0.05, 0.1) is 5.52 Å². The number of hydrogen-bond acceptors (Lipinski definition) is 2. The van der Waals surface area contributed by atoms with E-state index in [0.717, 1.165) is 10.9 Å². The monoisotopic (exact) mass is 197 g/mol. The molecule has 0 amide bonds. The van der Waals surface area contributed by atoms with Gasteiger partial charge in [0.1, 0.15) is 0 Å². The van der Waals surface area contributed by atoms with Gasteiger partial charge in [-0.1, -0.05) is 24.3 Å². The van der Waals surface area contributed by atoms with Gasteiger partial charge in [0, 0.05) is 17.1 Å². The van der Waals surface area contributed by atoms with Crippen molar-refractivity contribution in [3.05, 3.63) is 54.2 Å². The summed E-state index contributed by atoms with van der Waals surface area (Å²) in [5.41, 5.74) is 1.56. The number of allylic oxidation sites excluding steroid dienone is 2. The third-order valence-corrected chi connectivity index (χ3v) is 2.23. The van der Waals surface area contributed by atoms with Crippen molar-refractivity contribution in [2.45, 2.75) is 6.92 Å². The number of fused-ring (bicyclic) bond motifs is 1. The zero-order valence-electron chi connectivity index (χ0n) is 8.47. The lowest BCUT2D eigenvalue weighted by Crippen LogP contribution is -1.95. The molecular formula is C13H11NO. The van der Waals surface area contributed by atoms with Crippen molar-refractivity contribution in [3.8, 4) is 0 Å². The van der Waals surface area contributed by atoms with Crippen LogP contribution in [0.15, 0.2) is 48.7 Å². The van der Waals surface area contributed by atoms with Crippen LogP contribution in [0.25, 0.3) is 10.9 Å². The summed E-state index contributed by atoms with van der Waals surface area (Å²) in [6.07, 6.45) is 5.05. The number of pyridine rings is 1. The smallest absolute Gasteiger partial charge is 0.186 e. The molecule has 1 aromatic heterocycles. The highest BCUT2D eigenvalue weighted by Crippen LogP contribution is 2.17. The molecule has 0 N–H and O–H groups in total. The van der Waals surface area contributed by atoms with Crippen LogP contribution in [0.3, 0.4) is 0 Å². The molecule has 15 heavy (non-hydrogen) atoms. The van der Waals surface area contributed by atoms with Crippen molar-refractivity contribution in [1.29, 1.82) is 0 Å². The van der Waals surface area contributed by atoms with Crippen LogP contribution in [0.2, 0.25) is 0 Å². The van der Waals surface area contributed by atoms with Crippen molar-refractivity contribution in [2.24, 2.45) is 0 Å². The van der Waals surface area contributed by atoms with E-state index in [4.69, 9.17) is 0 Å². The Balaban J connectivity index is 2.65. The van der Waals surface area contributed by atoms with E-state index in [0.29, 0.717) is 5.56 Å². The number of ketones is 1. The molecule has 2 heteroatoms. The molecule has 0 aliphatic carbocycles. The number of nitrogens with zero attached hydrogens (tertiary/aromatic N) is 1. The van der Waals surface area contributed by atoms with E-state index in [9.17, 15) is 4.79 Å². The molecule has 2 rings (SSSR count). The van der Waals surface area contributed by atoms with Gasteiger partial charge in [-0.05, 0) is 25.1 Å². The first-order chi connectivity index (χ1) is 7.33. The average molecular weight is 197 g/mol. The fourth-order valence-corrected chi connectivity index (χ4v) is 1.56. The van der Waals surface area contributed by atoms with Gasteiger partial charge in [0.25, 0.3) is 0 Å². The Bertz CT molecular complexity index is 524. The van der Waals surface area contributed by atoms with Gasteiger partial charge in [-0.15, -0.1) is 0 Å². The maximum atomic E-state index is 11.7. The SMILES string of the molecule is C/C=C/C(=O)c1cccc2ncccc12. The number of carbonyl (C=O) groups is 1. The molecule has 2 nitrogen and oxygen atoms in total. The first-order valence-corrected chi connectivity index (χ1v) is 4.83. The second-order valence-electron chi connectivity index (χ2n) is 3.24. The van der Waals surface area contributed by atoms with E-state index < -0.39 is 0 Å². The summed E-state index contributed by atoms with van der Waals surface area (Å²) in [6.45, 7) is 1.83. The molecule has 1 heterocycles. The Kier molecular flexibility index (Phi) is 2.59. The molecule has 0 atom stereocenters. The Morgan fingerprint density at radius 3 is 2.93 bits per heavy atom. The molecule has 1 aromatic carbocycles. The van der Waals surface area contributed by atoms with Gasteiger partial charge >= 0.3 is 0 Å². The van der Waals surface area contributed by atoms with Gasteiger partial charge in [-0.2, -0.15) is 0 Å². The molecule has 0 aliphatic heterocycles. The summed E-state index contributed by atoms with van der Waals surface area (Å²) >= 11 is 0. The summed E-state index contributed by atoms with van der Waals surface area (Å²) in [5, 5.41) is 0.906. The summed E-state index contributed by atoms with van der Waals surface area (Å²) in [5.74, 6) is 0.0242. The summed E-state index contributed by atoms with van der Waals surface area (Å²) in [6, 6.07) is 9.34. The molecule has 2 aromatic rings. The van der Waals surface area contributed by atoms with Gasteiger partial charge in [0.2, 0.25) is 0 Å². The molecule has 74 valence electrons. The Morgan fingerprint density at radius 2 is 2.13 bits per heavy atom. The van der Waals surface area contributed by atoms with Crippen molar-refractivity contribution in [1.82, 2.24) is 4.98 Å². The minimum Gasteiger partial charge on any atom is -0.289 e. The third kappa shape index (κ3) is 1.79. The zero-order chi connectivity index (χ0) is 10.7. The lowest BCUT2D eigenvalue weighted by atomic mass is 10.0. The third-order valence-electron chi connectivity index (χ3n) is 2.23. The van der Waals surface area contributed by atoms with Crippen LogP contribution in [0.4, 0.5) is 0 Å². The number of benzene rings is 1. The Morgan fingerprint density at radius 1 is 1.27 bits per heavy atom. The standard InChI is InChI=1S/C13H11NO/c1-2-5-13(15)11-6-3-8-12-10(11)7-4-9-14-12/h2-9H,1H3/b5-2+. The summed E-state index contributed by atoms with van der Waals surface area (Å²) in [7, 11) is 0. The Hall–Kier alpha value is -1.96. The van der Waals surface area contributed by atoms with Crippen LogP contribution in [-0.2, 0) is 0 Å². The topological polar surface area (TPSA) is 30.0 Å². The number of aromatic nitrogens is 1. The molecule has 0 aliphatic rings. The lowest BCUT2D eigenvalue weighted by molar-refractivity contribution is 0.104. The first kappa shape index (κ1) is 9.59. The number of rotatable bonds is 2. The summed E-state index contributed by atoms with van der Waals surface area (Å²) < 4.78 is 0. The van der Waals surface area contributed by atoms with Crippen LogP contribution < -0.4 is 0 Å². The maximum absolute atomic E-state index is 11.7. The minimum atomic E-state index is 0.0242. The van der Waals surface area contributed by atoms with Gasteiger partial charge in [-0.3, -0.25) is 9.78 Å². The van der Waals surface area contributed by atoms with E-state index in [1.54, 1.807) is 18.3 Å². The molecule has 0 saturated heterocycles. The van der Waals surface area contributed by atoms with Crippen LogP contribution >= 0.6 is 0 Å². The highest BCUT2D eigenvalue weighted by molar-refractivity contribution is 6.12. The highest BCUT2D eigenvalue weighted by Gasteiger charge is 2.06. The fraction of sp³-hybridized carbons (Fsp3) is 0.0769. The van der Waals surface area contributed by atoms with E-state index >= 15 is 0 Å². The van der Waals surface area contributed by atoms with Crippen molar-refractivity contribution < 1.29 is 4.79 Å². The molecule has 0 bridgehead atoms. The van der Waals surface area contributed by atoms with Crippen molar-refractivity contribution in [2.75, 3.05) is 0 Å². The average Bonchev–Trinajstić information content (AvgIpc) is 2.28. The molecule has 0 saturated carbocycles. The van der Waals surface area contributed by atoms with Gasteiger partial charge in [-0.25, -0.2) is 0 Å². The number of carbonyl (C=O) groups excluding carboxylic acids is 1. The molecular weight excluding hydrogens is 186 g/mol. The van der Waals surface area contributed by atoms with Gasteiger partial charge < -0.3 is 0 Å². The van der Waals surface area contributed by atoms with Gasteiger partial charge in [0.15, 0.2) is 5.78 Å². The molecule has 0 fully saturated rings. The maximum Gasteiger partial charge on any atom is 0.186 e. The van der Waals surface area contributed by atoms with E-state index in [1.807, 2.05) is 37.3 Å². The van der Waals surface area contributed by atoms with Crippen LogP contribution in [0.1, 0.15) is 17.3 Å². The normalized spacial score (nSPS) is 11.0. The minimum absolute atomic E-state index is 0.0242. The van der Waals surface area contributed by atoms with Crippen LogP contribution in [-0.4, -0.2) is 10.8 Å². The molecule has 0 spiro atoms. The highest BCUT2D eigenvalue weighted by atomic mass is 16.1. The van der Waals surface area contributed by atoms with Crippen LogP contribution in [0.5, 0.6) is 0 Å². The van der Waals surface area contributed by atoms with Crippen molar-refractivity contribution in [3.63, 3.8) is 0 Å². The fourth-order valence-electron chi connectivity index (χ4n) is 1.56. The molecule has 0 unspecified atom stereocenters. The van der Waals surface area contributed by atoms with Crippen molar-refractivity contribution >= 4 is 16.7 Å². The summed E-state index contributed by atoms with van der Waals surface area (Å²) in [4.78, 5) is 16.0. The van der Waals surface area contributed by atoms with E-state index in [-0.39, 0.29) is 5.78 Å².